The molecule has 0 aliphatic carbocycles. The number of nitrogens with zero attached hydrogens (tertiary/aromatic N) is 3. The van der Waals surface area contributed by atoms with Crippen molar-refractivity contribution in [1.29, 1.82) is 0 Å². The van der Waals surface area contributed by atoms with E-state index >= 15 is 0 Å². The van der Waals surface area contributed by atoms with Gasteiger partial charge in [0.05, 0.1) is 23.3 Å². The quantitative estimate of drug-likeness (QED) is 0.336. The molecule has 1 aliphatic heterocycles. The van der Waals surface area contributed by atoms with Crippen molar-refractivity contribution in [3.05, 3.63) is 77.4 Å². The van der Waals surface area contributed by atoms with Crippen molar-refractivity contribution >= 4 is 44.6 Å². The monoisotopic (exact) mass is 519 g/mol. The zero-order chi connectivity index (χ0) is 26.9. The van der Waals surface area contributed by atoms with Crippen LogP contribution in [0.1, 0.15) is 28.4 Å². The number of benzene rings is 3. The van der Waals surface area contributed by atoms with Crippen molar-refractivity contribution < 1.29 is 23.1 Å². The van der Waals surface area contributed by atoms with E-state index < -0.39 is 21.8 Å². The van der Waals surface area contributed by atoms with Gasteiger partial charge in [-0.2, -0.15) is 15.2 Å². The van der Waals surface area contributed by atoms with Gasteiger partial charge < -0.3 is 5.11 Å². The zero-order valence-electron chi connectivity index (χ0n) is 20.6. The van der Waals surface area contributed by atoms with E-state index in [1.54, 1.807) is 37.3 Å². The number of phenolic OH excluding ortho intramolecular Hbond substituents is 1. The van der Waals surface area contributed by atoms with Crippen LogP contribution < -0.4 is 15.2 Å². The number of carbonyl (C=O) groups excluding carboxylic acids is 2. The number of aryl methyl sites for hydroxylation is 2. The molecule has 0 bridgehead atoms. The van der Waals surface area contributed by atoms with Crippen molar-refractivity contribution in [3.63, 3.8) is 0 Å². The van der Waals surface area contributed by atoms with Gasteiger partial charge in [-0.1, -0.05) is 30.3 Å². The molecule has 4 rings (SSSR count). The van der Waals surface area contributed by atoms with Crippen LogP contribution in [0.3, 0.4) is 0 Å². The number of hydrazone groups is 2. The van der Waals surface area contributed by atoms with Crippen molar-refractivity contribution in [1.82, 2.24) is 4.72 Å². The first-order valence-electron chi connectivity index (χ1n) is 11.2. The SMILES string of the molecule is CC1=NN(c2ccc(C)c(C)c2)C(=O)/C1=N\Nc1cccc(-c2cccc(C(=O)NS(C)(=O)=O)c2)c1O. The highest BCUT2D eigenvalue weighted by atomic mass is 32.2. The summed E-state index contributed by atoms with van der Waals surface area (Å²) in [6.45, 7) is 5.61. The maximum absolute atomic E-state index is 13.0. The fourth-order valence-electron chi connectivity index (χ4n) is 3.70. The summed E-state index contributed by atoms with van der Waals surface area (Å²) in [6.07, 6.45) is 0.889. The third-order valence-corrected chi connectivity index (χ3v) is 6.32. The van der Waals surface area contributed by atoms with Gasteiger partial charge in [-0.05, 0) is 67.8 Å². The van der Waals surface area contributed by atoms with E-state index in [9.17, 15) is 23.1 Å². The summed E-state index contributed by atoms with van der Waals surface area (Å²) in [6, 6.07) is 16.7. The van der Waals surface area contributed by atoms with E-state index in [0.29, 0.717) is 22.5 Å². The minimum Gasteiger partial charge on any atom is -0.505 e. The fraction of sp³-hybridized carbons (Fsp3) is 0.154. The predicted octanol–water partition coefficient (Wildman–Crippen LogP) is 3.56. The van der Waals surface area contributed by atoms with Gasteiger partial charge in [0, 0.05) is 11.1 Å². The van der Waals surface area contributed by atoms with Crippen LogP contribution in [0.5, 0.6) is 5.75 Å². The lowest BCUT2D eigenvalue weighted by Crippen LogP contribution is -2.29. The third-order valence-electron chi connectivity index (χ3n) is 5.76. The number of rotatable bonds is 6. The van der Waals surface area contributed by atoms with Crippen molar-refractivity contribution in [2.75, 3.05) is 16.7 Å². The molecule has 0 atom stereocenters. The van der Waals surface area contributed by atoms with Crippen LogP contribution in [-0.2, 0) is 14.8 Å². The van der Waals surface area contributed by atoms with E-state index in [2.05, 4.69) is 15.6 Å². The molecule has 190 valence electrons. The lowest BCUT2D eigenvalue weighted by molar-refractivity contribution is -0.112. The van der Waals surface area contributed by atoms with Gasteiger partial charge in [0.15, 0.2) is 5.71 Å². The molecule has 11 heteroatoms. The number of hydrogen-bond donors (Lipinski definition) is 3. The van der Waals surface area contributed by atoms with E-state index in [1.165, 1.54) is 17.1 Å². The van der Waals surface area contributed by atoms with Gasteiger partial charge in [0.1, 0.15) is 5.75 Å². The van der Waals surface area contributed by atoms with E-state index in [-0.39, 0.29) is 22.7 Å². The molecule has 3 aromatic carbocycles. The van der Waals surface area contributed by atoms with Crippen LogP contribution >= 0.6 is 0 Å². The number of amides is 2. The summed E-state index contributed by atoms with van der Waals surface area (Å²) in [7, 11) is -3.73. The Hall–Kier alpha value is -4.51. The maximum Gasteiger partial charge on any atom is 0.301 e. The lowest BCUT2D eigenvalue weighted by Gasteiger charge is -2.13. The highest BCUT2D eigenvalue weighted by molar-refractivity contribution is 7.89. The number of para-hydroxylation sites is 1. The van der Waals surface area contributed by atoms with Gasteiger partial charge >= 0.3 is 5.91 Å². The molecule has 1 aliphatic rings. The molecule has 2 amide bonds. The lowest BCUT2D eigenvalue weighted by atomic mass is 10.0. The first-order valence-corrected chi connectivity index (χ1v) is 13.1. The molecular weight excluding hydrogens is 494 g/mol. The number of sulfonamides is 1. The molecule has 1 heterocycles. The molecule has 0 saturated heterocycles. The topological polar surface area (TPSA) is 141 Å². The van der Waals surface area contributed by atoms with Crippen molar-refractivity contribution in [2.24, 2.45) is 10.2 Å². The normalized spacial score (nSPS) is 14.6. The smallest absolute Gasteiger partial charge is 0.301 e. The van der Waals surface area contributed by atoms with Gasteiger partial charge in [-0.25, -0.2) is 13.1 Å². The Morgan fingerprint density at radius 3 is 2.43 bits per heavy atom. The van der Waals surface area contributed by atoms with Gasteiger partial charge in [-0.3, -0.25) is 15.0 Å². The molecule has 10 nitrogen and oxygen atoms in total. The highest BCUT2D eigenvalue weighted by Gasteiger charge is 2.31. The summed E-state index contributed by atoms with van der Waals surface area (Å²) in [5, 5.41) is 20.7. The number of carbonyl (C=O) groups is 2. The molecule has 0 aromatic heterocycles. The molecule has 3 aromatic rings. The molecule has 0 unspecified atom stereocenters. The Bertz CT molecular complexity index is 1590. The number of phenols is 1. The number of hydrogen-bond acceptors (Lipinski definition) is 8. The second kappa shape index (κ2) is 9.86. The Morgan fingerprint density at radius 1 is 1.00 bits per heavy atom. The zero-order valence-corrected chi connectivity index (χ0v) is 21.4. The van der Waals surface area contributed by atoms with Crippen molar-refractivity contribution in [3.8, 4) is 16.9 Å². The van der Waals surface area contributed by atoms with E-state index in [4.69, 9.17) is 0 Å². The summed E-state index contributed by atoms with van der Waals surface area (Å²) >= 11 is 0. The summed E-state index contributed by atoms with van der Waals surface area (Å²) in [4.78, 5) is 25.2. The fourth-order valence-corrected chi connectivity index (χ4v) is 4.15. The Kier molecular flexibility index (Phi) is 6.82. The molecule has 0 saturated carbocycles. The minimum atomic E-state index is -3.73. The minimum absolute atomic E-state index is 0.0995. The largest absolute Gasteiger partial charge is 0.505 e. The average molecular weight is 520 g/mol. The second-order valence-corrected chi connectivity index (χ2v) is 10.4. The van der Waals surface area contributed by atoms with Crippen LogP contribution in [-0.4, -0.2) is 43.0 Å². The van der Waals surface area contributed by atoms with Crippen LogP contribution in [0.2, 0.25) is 0 Å². The number of anilines is 2. The highest BCUT2D eigenvalue weighted by Crippen LogP contribution is 2.36. The first kappa shape index (κ1) is 25.6. The molecular formula is C26H25N5O5S. The van der Waals surface area contributed by atoms with E-state index in [0.717, 1.165) is 17.4 Å². The van der Waals surface area contributed by atoms with Crippen LogP contribution in [0.25, 0.3) is 11.1 Å². The maximum atomic E-state index is 13.0. The average Bonchev–Trinajstić information content (AvgIpc) is 3.12. The predicted molar refractivity (Wildman–Crippen MR) is 143 cm³/mol. The molecule has 0 radical (unpaired) electrons. The first-order chi connectivity index (χ1) is 17.4. The molecule has 37 heavy (non-hydrogen) atoms. The molecule has 0 spiro atoms. The third kappa shape index (κ3) is 5.51. The standard InChI is InChI=1S/C26H25N5O5S/c1-15-11-12-20(13-16(15)2)31-26(34)23(17(3)29-31)28-27-22-10-6-9-21(24(22)32)18-7-5-8-19(14-18)25(33)30-37(4,35)36/h5-14,27,32H,1-4H3,(H,30,33)/b28-23-. The second-order valence-electron chi connectivity index (χ2n) is 8.63. The molecule has 3 N–H and O–H groups in total. The van der Waals surface area contributed by atoms with E-state index in [1.807, 2.05) is 36.8 Å². The van der Waals surface area contributed by atoms with Gasteiger partial charge in [-0.15, -0.1) is 0 Å². The Balaban J connectivity index is 1.59. The summed E-state index contributed by atoms with van der Waals surface area (Å²) in [5.41, 5.74) is 7.19. The Labute approximate surface area is 214 Å². The van der Waals surface area contributed by atoms with Crippen LogP contribution in [0.15, 0.2) is 70.9 Å². The van der Waals surface area contributed by atoms with Gasteiger partial charge in [0.25, 0.3) is 5.91 Å². The van der Waals surface area contributed by atoms with Gasteiger partial charge in [0.2, 0.25) is 10.0 Å². The number of aromatic hydroxyl groups is 1. The Morgan fingerprint density at radius 2 is 1.73 bits per heavy atom. The molecule has 0 fully saturated rings. The van der Waals surface area contributed by atoms with Crippen molar-refractivity contribution in [2.45, 2.75) is 20.8 Å². The van der Waals surface area contributed by atoms with Crippen LogP contribution in [0.4, 0.5) is 11.4 Å². The van der Waals surface area contributed by atoms with Crippen LogP contribution in [0, 0.1) is 13.8 Å². The summed E-state index contributed by atoms with van der Waals surface area (Å²) < 4.78 is 24.7. The summed E-state index contributed by atoms with van der Waals surface area (Å²) in [5.74, 6) is -1.36. The number of nitrogens with one attached hydrogen (secondary N) is 2.